The SMILES string of the molecule is COC(=O)[C@H](CNC(=O)OC(C)(C)C)NC(=O)c1ccc2cc1OCCCCCCOc1ccc(cc1)CNc1nc(O)nc(n1)N2. The van der Waals surface area contributed by atoms with Gasteiger partial charge < -0.3 is 45.3 Å². The second-order valence-corrected chi connectivity index (χ2v) is 11.7. The van der Waals surface area contributed by atoms with E-state index in [0.29, 0.717) is 31.9 Å². The van der Waals surface area contributed by atoms with Crippen LogP contribution in [0.4, 0.5) is 22.4 Å². The Bertz CT molecular complexity index is 1530. The fourth-order valence-corrected chi connectivity index (χ4v) is 4.42. The molecule has 2 aliphatic heterocycles. The van der Waals surface area contributed by atoms with Gasteiger partial charge in [0, 0.05) is 18.3 Å². The van der Waals surface area contributed by atoms with Gasteiger partial charge in [0.2, 0.25) is 11.9 Å². The number of nitrogens with one attached hydrogen (secondary N) is 4. The summed E-state index contributed by atoms with van der Waals surface area (Å²) in [6.07, 6.45) is 2.64. The molecule has 0 unspecified atom stereocenters. The van der Waals surface area contributed by atoms with E-state index in [1.807, 2.05) is 24.3 Å². The van der Waals surface area contributed by atoms with Crippen LogP contribution in [0, 0.1) is 0 Å². The zero-order chi connectivity index (χ0) is 33.8. The lowest BCUT2D eigenvalue weighted by Crippen LogP contribution is -2.49. The van der Waals surface area contributed by atoms with Gasteiger partial charge in [0.15, 0.2) is 0 Å². The maximum absolute atomic E-state index is 13.5. The lowest BCUT2D eigenvalue weighted by molar-refractivity contribution is -0.142. The van der Waals surface area contributed by atoms with Gasteiger partial charge >= 0.3 is 18.1 Å². The number of hydrogen-bond donors (Lipinski definition) is 5. The Morgan fingerprint density at radius 3 is 2.36 bits per heavy atom. The van der Waals surface area contributed by atoms with Crippen molar-refractivity contribution in [3.05, 3.63) is 53.6 Å². The second-order valence-electron chi connectivity index (χ2n) is 11.7. The molecule has 47 heavy (non-hydrogen) atoms. The molecule has 252 valence electrons. The number of hydrogen-bond acceptors (Lipinski definition) is 13. The molecule has 1 atom stereocenters. The summed E-state index contributed by atoms with van der Waals surface area (Å²) in [5.41, 5.74) is 0.813. The molecule has 5 rings (SSSR count). The smallest absolute Gasteiger partial charge is 0.407 e. The van der Waals surface area contributed by atoms with Gasteiger partial charge in [-0.2, -0.15) is 15.0 Å². The Morgan fingerprint density at radius 1 is 0.957 bits per heavy atom. The third-order valence-corrected chi connectivity index (χ3v) is 6.69. The van der Waals surface area contributed by atoms with Crippen molar-refractivity contribution in [1.29, 1.82) is 0 Å². The number of aromatic nitrogens is 3. The van der Waals surface area contributed by atoms with Crippen molar-refractivity contribution >= 4 is 35.6 Å². The minimum absolute atomic E-state index is 0.0526. The molecule has 0 aliphatic carbocycles. The topological polar surface area (TPSA) is 195 Å². The number of nitrogens with zero attached hydrogens (tertiary/aromatic N) is 3. The van der Waals surface area contributed by atoms with Crippen LogP contribution in [0.5, 0.6) is 17.5 Å². The molecule has 3 heterocycles. The molecule has 2 aromatic carbocycles. The summed E-state index contributed by atoms with van der Waals surface area (Å²) in [5.74, 6) is -0.197. The highest BCUT2D eigenvalue weighted by Gasteiger charge is 2.26. The van der Waals surface area contributed by atoms with E-state index in [9.17, 15) is 19.5 Å². The van der Waals surface area contributed by atoms with E-state index < -0.39 is 35.6 Å². The standard InChI is InChI=1S/C32H41N7O8/c1-32(2,3)47-31(43)34-19-24(27(41)44-4)36-26(40)23-14-11-21-17-25(23)46-16-8-6-5-7-15-45-22-12-9-20(10-13-22)18-33-28-37-29(35-21)39-30(42)38-28/h9-14,17,24H,5-8,15-16,18-19H2,1-4H3,(H,34,43)(H,36,40)(H3,33,35,37,38,39,42)/t24-/m0/s1. The van der Waals surface area contributed by atoms with Crippen molar-refractivity contribution in [2.24, 2.45) is 0 Å². The third-order valence-electron chi connectivity index (χ3n) is 6.69. The Balaban J connectivity index is 1.54. The Labute approximate surface area is 272 Å². The average Bonchev–Trinajstić information content (AvgIpc) is 3.02. The molecule has 15 nitrogen and oxygen atoms in total. The van der Waals surface area contributed by atoms with Gasteiger partial charge in [-0.05, 0) is 76.3 Å². The lowest BCUT2D eigenvalue weighted by atomic mass is 10.1. The minimum atomic E-state index is -1.21. The summed E-state index contributed by atoms with van der Waals surface area (Å²) in [7, 11) is 1.18. The summed E-state index contributed by atoms with van der Waals surface area (Å²) in [6.45, 7) is 6.14. The van der Waals surface area contributed by atoms with Crippen LogP contribution in [0.3, 0.4) is 0 Å². The molecule has 2 aliphatic rings. The predicted molar refractivity (Wildman–Crippen MR) is 172 cm³/mol. The number of esters is 1. The zero-order valence-corrected chi connectivity index (χ0v) is 26.9. The molecule has 2 amide bonds. The van der Waals surface area contributed by atoms with Crippen LogP contribution in [-0.4, -0.2) is 76.5 Å². The molecule has 1 aromatic heterocycles. The number of amides is 2. The molecular weight excluding hydrogens is 610 g/mol. The fourth-order valence-electron chi connectivity index (χ4n) is 4.42. The van der Waals surface area contributed by atoms with Gasteiger partial charge in [0.25, 0.3) is 5.91 Å². The van der Waals surface area contributed by atoms with E-state index in [1.54, 1.807) is 32.9 Å². The highest BCUT2D eigenvalue weighted by Crippen LogP contribution is 2.27. The molecule has 5 N–H and O–H groups in total. The van der Waals surface area contributed by atoms with E-state index in [0.717, 1.165) is 30.6 Å². The molecule has 15 heteroatoms. The van der Waals surface area contributed by atoms with Gasteiger partial charge in [-0.25, -0.2) is 9.59 Å². The normalized spacial score (nSPS) is 14.4. The molecule has 0 spiro atoms. The number of ether oxygens (including phenoxy) is 4. The summed E-state index contributed by atoms with van der Waals surface area (Å²) < 4.78 is 22.0. The lowest BCUT2D eigenvalue weighted by Gasteiger charge is -2.22. The quantitative estimate of drug-likeness (QED) is 0.248. The number of carbonyl (C=O) groups is 3. The monoisotopic (exact) mass is 651 g/mol. The van der Waals surface area contributed by atoms with Gasteiger partial charge in [-0.15, -0.1) is 0 Å². The number of fused-ring (bicyclic) bond motifs is 10. The van der Waals surface area contributed by atoms with Gasteiger partial charge in [-0.3, -0.25) is 4.79 Å². The van der Waals surface area contributed by atoms with E-state index in [2.05, 4.69) is 36.2 Å². The Hall–Kier alpha value is -5.34. The fraction of sp³-hybridized carbons (Fsp3) is 0.438. The first kappa shape index (κ1) is 34.5. The summed E-state index contributed by atoms with van der Waals surface area (Å²) in [5, 5.41) is 21.3. The van der Waals surface area contributed by atoms with Crippen molar-refractivity contribution in [3.8, 4) is 17.5 Å². The number of benzene rings is 2. The average molecular weight is 652 g/mol. The maximum atomic E-state index is 13.5. The van der Waals surface area contributed by atoms with Crippen molar-refractivity contribution in [2.75, 3.05) is 37.5 Å². The number of rotatable bonds is 5. The molecular formula is C32H41N7O8. The molecule has 0 radical (unpaired) electrons. The highest BCUT2D eigenvalue weighted by molar-refractivity contribution is 5.99. The molecule has 0 fully saturated rings. The van der Waals surface area contributed by atoms with Gasteiger partial charge in [0.1, 0.15) is 23.1 Å². The number of aromatic hydroxyl groups is 1. The molecule has 6 bridgehead atoms. The number of anilines is 3. The van der Waals surface area contributed by atoms with Crippen LogP contribution < -0.4 is 30.7 Å². The van der Waals surface area contributed by atoms with Crippen LogP contribution in [0.2, 0.25) is 0 Å². The zero-order valence-electron chi connectivity index (χ0n) is 26.9. The van der Waals surface area contributed by atoms with Crippen LogP contribution >= 0.6 is 0 Å². The summed E-state index contributed by atoms with van der Waals surface area (Å²) >= 11 is 0. The molecule has 0 saturated carbocycles. The number of carbonyl (C=O) groups excluding carboxylic acids is 3. The predicted octanol–water partition coefficient (Wildman–Crippen LogP) is 4.06. The van der Waals surface area contributed by atoms with Crippen LogP contribution in [0.1, 0.15) is 62.4 Å². The second kappa shape index (κ2) is 16.3. The summed E-state index contributed by atoms with van der Waals surface area (Å²) in [6, 6.07) is 10.7. The van der Waals surface area contributed by atoms with Gasteiger partial charge in [0.05, 0.1) is 32.4 Å². The largest absolute Gasteiger partial charge is 0.494 e. The Kier molecular flexibility index (Phi) is 12.0. The summed E-state index contributed by atoms with van der Waals surface area (Å²) in [4.78, 5) is 50.4. The van der Waals surface area contributed by atoms with Crippen molar-refractivity contribution < 1.29 is 38.4 Å². The van der Waals surface area contributed by atoms with Crippen LogP contribution in [-0.2, 0) is 20.8 Å². The first-order valence-electron chi connectivity index (χ1n) is 15.3. The first-order chi connectivity index (χ1) is 22.5. The highest BCUT2D eigenvalue weighted by atomic mass is 16.6. The van der Waals surface area contributed by atoms with E-state index in [-0.39, 0.29) is 29.8 Å². The maximum Gasteiger partial charge on any atom is 0.407 e. The number of alkyl carbamates (subject to hydrolysis) is 1. The first-order valence-corrected chi connectivity index (χ1v) is 15.3. The van der Waals surface area contributed by atoms with Crippen LogP contribution in [0.15, 0.2) is 42.5 Å². The van der Waals surface area contributed by atoms with E-state index >= 15 is 0 Å². The van der Waals surface area contributed by atoms with E-state index in [4.69, 9.17) is 18.9 Å². The van der Waals surface area contributed by atoms with E-state index in [1.165, 1.54) is 13.2 Å². The minimum Gasteiger partial charge on any atom is -0.494 e. The van der Waals surface area contributed by atoms with Crippen molar-refractivity contribution in [1.82, 2.24) is 25.6 Å². The van der Waals surface area contributed by atoms with Crippen molar-refractivity contribution in [3.63, 3.8) is 0 Å². The molecule has 0 saturated heterocycles. The molecule has 3 aromatic rings. The number of methoxy groups -OCH3 is 1. The van der Waals surface area contributed by atoms with Gasteiger partial charge in [-0.1, -0.05) is 12.1 Å². The Morgan fingerprint density at radius 2 is 1.66 bits per heavy atom. The third kappa shape index (κ3) is 11.2. The van der Waals surface area contributed by atoms with Crippen LogP contribution in [0.25, 0.3) is 0 Å². The van der Waals surface area contributed by atoms with Crippen molar-refractivity contribution in [2.45, 2.75) is 64.6 Å².